The third kappa shape index (κ3) is 4.80. The second-order valence-electron chi connectivity index (χ2n) is 17.1. The van der Waals surface area contributed by atoms with Crippen LogP contribution in [0.4, 0.5) is 34.1 Å². The van der Waals surface area contributed by atoms with E-state index in [1.807, 2.05) is 60.7 Å². The minimum atomic E-state index is -4.14. The van der Waals surface area contributed by atoms with Crippen molar-refractivity contribution in [1.82, 2.24) is 0 Å². The van der Waals surface area contributed by atoms with Gasteiger partial charge in [0.2, 0.25) is 0 Å². The van der Waals surface area contributed by atoms with E-state index >= 15 is 4.21 Å². The predicted molar refractivity (Wildman–Crippen MR) is 265 cm³/mol. The van der Waals surface area contributed by atoms with Gasteiger partial charge in [-0.2, -0.15) is 0 Å². The van der Waals surface area contributed by atoms with Gasteiger partial charge in [-0.25, -0.2) is 0 Å². The molecule has 5 nitrogen and oxygen atoms in total. The molecule has 14 rings (SSSR count). The van der Waals surface area contributed by atoms with Crippen molar-refractivity contribution in [3.8, 4) is 67.5 Å². The van der Waals surface area contributed by atoms with E-state index in [-0.39, 0.29) is 0 Å². The van der Waals surface area contributed by atoms with E-state index in [2.05, 4.69) is 180 Å². The molecular formula is C60H38N2O3S. The highest BCUT2D eigenvalue weighted by Crippen LogP contribution is 2.71. The van der Waals surface area contributed by atoms with Crippen molar-refractivity contribution >= 4 is 43.2 Å². The van der Waals surface area contributed by atoms with Crippen LogP contribution in [0.25, 0.3) is 44.5 Å². The number of anilines is 6. The smallest absolute Gasteiger partial charge is 0.151 e. The molecule has 4 aliphatic heterocycles. The number of fused-ring (bicyclic) bond motifs is 14. The van der Waals surface area contributed by atoms with E-state index in [1.54, 1.807) is 0 Å². The number of benzene rings is 10. The van der Waals surface area contributed by atoms with Crippen molar-refractivity contribution in [2.24, 2.45) is 0 Å². The maximum absolute atomic E-state index is 17.7. The monoisotopic (exact) mass is 866 g/mol. The molecular weight excluding hydrogens is 829 g/mol. The van der Waals surface area contributed by atoms with Crippen LogP contribution in [-0.4, -0.2) is 4.21 Å². The van der Waals surface area contributed by atoms with Gasteiger partial charge >= 0.3 is 0 Å². The van der Waals surface area contributed by atoms with Crippen LogP contribution in [0.2, 0.25) is 0 Å². The van der Waals surface area contributed by atoms with Crippen LogP contribution < -0.4 is 19.3 Å². The first-order valence-corrected chi connectivity index (χ1v) is 24.2. The molecule has 0 unspecified atom stereocenters. The molecule has 4 aliphatic rings. The van der Waals surface area contributed by atoms with Gasteiger partial charge in [-0.1, -0.05) is 133 Å². The molecule has 0 aliphatic carbocycles. The summed E-state index contributed by atoms with van der Waals surface area (Å²) in [5.41, 5.74) is 14.1. The lowest BCUT2D eigenvalue weighted by molar-refractivity contribution is 0.477. The van der Waals surface area contributed by atoms with Gasteiger partial charge in [0, 0.05) is 39.8 Å². The summed E-state index contributed by atoms with van der Waals surface area (Å²) in [5.74, 6) is 3.21. The van der Waals surface area contributed by atoms with E-state index in [4.69, 9.17) is 9.47 Å². The lowest BCUT2D eigenvalue weighted by atomic mass is 9.97. The van der Waals surface area contributed by atoms with Crippen LogP contribution >= 0.6 is 0 Å². The fourth-order valence-corrected chi connectivity index (χ4v) is 16.1. The van der Waals surface area contributed by atoms with Crippen molar-refractivity contribution < 1.29 is 13.7 Å². The Bertz CT molecular complexity index is 3440. The van der Waals surface area contributed by atoms with Crippen LogP contribution in [0.5, 0.6) is 23.0 Å². The quantitative estimate of drug-likeness (QED) is 0.176. The summed E-state index contributed by atoms with van der Waals surface area (Å²) in [4.78, 5) is 7.99. The Balaban J connectivity index is 0.958. The Hall–Kier alpha value is -8.45. The van der Waals surface area contributed by atoms with Crippen LogP contribution in [-0.2, 0) is 9.07 Å². The third-order valence-corrected chi connectivity index (χ3v) is 18.5. The average Bonchev–Trinajstić information content (AvgIpc) is 3.76. The normalized spacial score (nSPS) is 15.2. The number of nitrogens with zero attached hydrogens (tertiary/aromatic N) is 2. The minimum absolute atomic E-state index is 0.802. The van der Waals surface area contributed by atoms with Crippen molar-refractivity contribution in [3.05, 3.63) is 231 Å². The minimum Gasteiger partial charge on any atom is -0.453 e. The van der Waals surface area contributed by atoms with Crippen LogP contribution in [0, 0.1) is 0 Å². The Labute approximate surface area is 382 Å². The second kappa shape index (κ2) is 13.5. The SMILES string of the molecule is O=S12(c3ccccc3-c3cc(-c4ccccc4N4c5ccccc5Oc5ccccc54)ccc31)c1ccccc1-c1cc(-c3ccccc3N3c4ccccc4Oc4ccccc43)ccc12. The summed E-state index contributed by atoms with van der Waals surface area (Å²) < 4.78 is 30.5. The molecule has 6 heteroatoms. The van der Waals surface area contributed by atoms with Gasteiger partial charge in [-0.05, 0) is 130 Å². The van der Waals surface area contributed by atoms with Gasteiger partial charge < -0.3 is 19.3 Å². The molecule has 0 saturated heterocycles. The summed E-state index contributed by atoms with van der Waals surface area (Å²) in [7, 11) is -4.14. The highest BCUT2D eigenvalue weighted by molar-refractivity contribution is 8.21. The number of ether oxygens (including phenoxy) is 2. The zero-order chi connectivity index (χ0) is 43.6. The average molecular weight is 867 g/mol. The van der Waals surface area contributed by atoms with Crippen LogP contribution in [0.1, 0.15) is 0 Å². The first-order valence-electron chi connectivity index (χ1n) is 22.2. The molecule has 0 bridgehead atoms. The molecule has 10 aromatic rings. The Morgan fingerprint density at radius 3 is 0.939 bits per heavy atom. The Kier molecular flexibility index (Phi) is 7.58. The fourth-order valence-electron chi connectivity index (χ4n) is 11.0. The zero-order valence-corrected chi connectivity index (χ0v) is 36.3. The highest BCUT2D eigenvalue weighted by atomic mass is 32.3. The van der Waals surface area contributed by atoms with Gasteiger partial charge in [0.25, 0.3) is 0 Å². The van der Waals surface area contributed by atoms with Gasteiger partial charge in [-0.3, -0.25) is 4.21 Å². The Morgan fingerprint density at radius 1 is 0.273 bits per heavy atom. The molecule has 0 aromatic heterocycles. The number of para-hydroxylation sites is 10. The highest BCUT2D eigenvalue weighted by Gasteiger charge is 2.57. The summed E-state index contributed by atoms with van der Waals surface area (Å²) in [6.07, 6.45) is 0. The van der Waals surface area contributed by atoms with Crippen molar-refractivity contribution in [1.29, 1.82) is 0 Å². The van der Waals surface area contributed by atoms with Gasteiger partial charge in [0.15, 0.2) is 23.0 Å². The molecule has 10 aromatic carbocycles. The number of hydrogen-bond acceptors (Lipinski definition) is 5. The topological polar surface area (TPSA) is 42.0 Å². The summed E-state index contributed by atoms with van der Waals surface area (Å²) in [5, 5.41) is 0. The molecule has 1 spiro atoms. The van der Waals surface area contributed by atoms with E-state index in [1.165, 1.54) is 0 Å². The third-order valence-electron chi connectivity index (χ3n) is 13.8. The van der Waals surface area contributed by atoms with Crippen molar-refractivity contribution in [2.45, 2.75) is 19.6 Å². The van der Waals surface area contributed by atoms with E-state index in [9.17, 15) is 0 Å². The number of rotatable bonds is 4. The van der Waals surface area contributed by atoms with Crippen molar-refractivity contribution in [3.63, 3.8) is 0 Å². The van der Waals surface area contributed by atoms with E-state index in [0.29, 0.717) is 0 Å². The predicted octanol–water partition coefficient (Wildman–Crippen LogP) is 16.5. The van der Waals surface area contributed by atoms with Crippen LogP contribution in [0.3, 0.4) is 0 Å². The lowest BCUT2D eigenvalue weighted by Crippen LogP contribution is -2.30. The summed E-state index contributed by atoms with van der Waals surface area (Å²) in [6.45, 7) is 0. The Morgan fingerprint density at radius 2 is 0.561 bits per heavy atom. The fraction of sp³-hybridized carbons (Fsp3) is 0. The van der Waals surface area contributed by atoms with Gasteiger partial charge in [0.05, 0.1) is 34.1 Å². The first kappa shape index (κ1) is 37.0. The molecule has 0 amide bonds. The molecule has 0 N–H and O–H groups in total. The summed E-state index contributed by atoms with van der Waals surface area (Å²) in [6, 6.07) is 79.7. The largest absolute Gasteiger partial charge is 0.453 e. The zero-order valence-electron chi connectivity index (χ0n) is 35.5. The maximum Gasteiger partial charge on any atom is 0.151 e. The second-order valence-corrected chi connectivity index (χ2v) is 20.8. The molecule has 0 atom stereocenters. The lowest BCUT2D eigenvalue weighted by Gasteiger charge is -2.39. The summed E-state index contributed by atoms with van der Waals surface area (Å²) >= 11 is 0. The van der Waals surface area contributed by atoms with Gasteiger partial charge in [-0.15, -0.1) is 0 Å². The van der Waals surface area contributed by atoms with Crippen LogP contribution in [0.15, 0.2) is 250 Å². The first-order chi connectivity index (χ1) is 32.6. The van der Waals surface area contributed by atoms with Gasteiger partial charge in [0.1, 0.15) is 0 Å². The standard InChI is InChI=1S/C60H38N2O3S/c63-66(57-31-15-3-19-43(57)45-37-39(33-35-59(45)66)41-17-1-5-21-47(41)61-49-23-7-11-27-53(49)64-54-28-12-8-24-50(54)61)58-32-16-4-20-44(58)46-38-40(34-36-60(46)66)42-18-2-6-22-48(42)62-51-25-9-13-29-55(51)65-56-30-14-10-26-52(56)62/h1-38H. The molecule has 0 radical (unpaired) electrons. The molecule has 0 saturated carbocycles. The molecule has 4 heterocycles. The van der Waals surface area contributed by atoms with E-state index in [0.717, 1.165) is 121 Å². The maximum atomic E-state index is 17.7. The molecule has 66 heavy (non-hydrogen) atoms. The molecule has 312 valence electrons. The number of hydrogen-bond donors (Lipinski definition) is 0. The van der Waals surface area contributed by atoms with E-state index < -0.39 is 9.07 Å². The molecule has 0 fully saturated rings. The van der Waals surface area contributed by atoms with Crippen molar-refractivity contribution in [2.75, 3.05) is 9.80 Å².